The summed E-state index contributed by atoms with van der Waals surface area (Å²) in [5, 5.41) is 5.89. The summed E-state index contributed by atoms with van der Waals surface area (Å²) < 4.78 is 1.76. The minimum absolute atomic E-state index is 0.0336. The molecule has 1 fully saturated rings. The van der Waals surface area contributed by atoms with Gasteiger partial charge in [-0.3, -0.25) is 19.7 Å². The first-order chi connectivity index (χ1) is 17.8. The van der Waals surface area contributed by atoms with Gasteiger partial charge in [0.2, 0.25) is 5.91 Å². The summed E-state index contributed by atoms with van der Waals surface area (Å²) in [7, 11) is 0. The van der Waals surface area contributed by atoms with Gasteiger partial charge in [0.1, 0.15) is 12.1 Å². The van der Waals surface area contributed by atoms with Crippen molar-refractivity contribution in [2.75, 3.05) is 10.2 Å². The number of rotatable bonds is 5. The van der Waals surface area contributed by atoms with Gasteiger partial charge >= 0.3 is 6.03 Å². The maximum atomic E-state index is 13.4. The molecule has 2 N–H and O–H groups in total. The molecule has 2 heterocycles. The predicted molar refractivity (Wildman–Crippen MR) is 142 cm³/mol. The Hall–Kier alpha value is -4.98. The minimum atomic E-state index is -0.794. The lowest BCUT2D eigenvalue weighted by molar-refractivity contribution is -0.122. The maximum absolute atomic E-state index is 13.4. The zero-order chi connectivity index (χ0) is 26.1. The summed E-state index contributed by atoms with van der Waals surface area (Å²) in [5.41, 5.74) is 4.02. The van der Waals surface area contributed by atoms with Crippen LogP contribution in [0, 0.1) is 13.8 Å². The van der Waals surface area contributed by atoms with E-state index in [4.69, 9.17) is 0 Å². The van der Waals surface area contributed by atoms with Crippen molar-refractivity contribution < 1.29 is 19.2 Å². The maximum Gasteiger partial charge on any atom is 0.335 e. The van der Waals surface area contributed by atoms with Crippen LogP contribution in [0.1, 0.15) is 16.7 Å². The summed E-state index contributed by atoms with van der Waals surface area (Å²) in [6.07, 6.45) is 3.19. The number of barbiturate groups is 1. The largest absolute Gasteiger partial charge is 0.337 e. The van der Waals surface area contributed by atoms with E-state index in [1.807, 2.05) is 62.4 Å². The van der Waals surface area contributed by atoms with Crippen molar-refractivity contribution in [2.45, 2.75) is 20.4 Å². The summed E-state index contributed by atoms with van der Waals surface area (Å²) in [6, 6.07) is 21.1. The van der Waals surface area contributed by atoms with Crippen LogP contribution in [-0.2, 0) is 20.9 Å². The molecule has 184 valence electrons. The van der Waals surface area contributed by atoms with Crippen molar-refractivity contribution >= 4 is 52.1 Å². The van der Waals surface area contributed by atoms with E-state index in [0.717, 1.165) is 26.9 Å². The minimum Gasteiger partial charge on any atom is -0.337 e. The second-order valence-electron chi connectivity index (χ2n) is 8.95. The molecule has 0 spiro atoms. The molecule has 0 atom stereocenters. The van der Waals surface area contributed by atoms with E-state index in [1.165, 1.54) is 6.08 Å². The van der Waals surface area contributed by atoms with Crippen LogP contribution in [-0.4, -0.2) is 28.3 Å². The first-order valence-corrected chi connectivity index (χ1v) is 11.7. The van der Waals surface area contributed by atoms with Gasteiger partial charge in [0.05, 0.1) is 5.69 Å². The molecule has 37 heavy (non-hydrogen) atoms. The van der Waals surface area contributed by atoms with E-state index in [2.05, 4.69) is 10.6 Å². The fraction of sp³-hybridized carbons (Fsp3) is 0.103. The lowest BCUT2D eigenvalue weighted by Crippen LogP contribution is -2.54. The fourth-order valence-corrected chi connectivity index (χ4v) is 4.52. The van der Waals surface area contributed by atoms with Gasteiger partial charge in [-0.05, 0) is 61.4 Å². The van der Waals surface area contributed by atoms with Gasteiger partial charge in [-0.25, -0.2) is 9.69 Å². The van der Waals surface area contributed by atoms with Gasteiger partial charge in [0.25, 0.3) is 11.8 Å². The molecule has 0 bridgehead atoms. The van der Waals surface area contributed by atoms with E-state index in [-0.39, 0.29) is 18.0 Å². The zero-order valence-electron chi connectivity index (χ0n) is 20.3. The highest BCUT2D eigenvalue weighted by Gasteiger charge is 2.37. The Labute approximate surface area is 213 Å². The second-order valence-corrected chi connectivity index (χ2v) is 8.95. The molecule has 3 aromatic carbocycles. The zero-order valence-corrected chi connectivity index (χ0v) is 20.3. The second kappa shape index (κ2) is 9.58. The normalized spacial score (nSPS) is 14.8. The third-order valence-electron chi connectivity index (χ3n) is 6.06. The Morgan fingerprint density at radius 3 is 2.32 bits per heavy atom. The van der Waals surface area contributed by atoms with Gasteiger partial charge in [-0.15, -0.1) is 0 Å². The summed E-state index contributed by atoms with van der Waals surface area (Å²) in [5.74, 6) is -1.70. The number of hydrogen-bond acceptors (Lipinski definition) is 4. The molecule has 4 aromatic rings. The number of nitrogens with one attached hydrogen (secondary N) is 2. The fourth-order valence-electron chi connectivity index (χ4n) is 4.52. The molecule has 0 unspecified atom stereocenters. The smallest absolute Gasteiger partial charge is 0.335 e. The summed E-state index contributed by atoms with van der Waals surface area (Å²) in [4.78, 5) is 52.4. The van der Waals surface area contributed by atoms with Crippen molar-refractivity contribution in [3.05, 3.63) is 101 Å². The average Bonchev–Trinajstić information content (AvgIpc) is 3.18. The summed E-state index contributed by atoms with van der Waals surface area (Å²) in [6.45, 7) is 3.77. The van der Waals surface area contributed by atoms with Crippen LogP contribution in [0.25, 0.3) is 17.0 Å². The Balaban J connectivity index is 1.50. The molecule has 1 aliphatic heterocycles. The lowest BCUT2D eigenvalue weighted by atomic mass is 10.0. The van der Waals surface area contributed by atoms with Crippen LogP contribution in [0.15, 0.2) is 84.6 Å². The van der Waals surface area contributed by atoms with Gasteiger partial charge in [-0.1, -0.05) is 42.5 Å². The molecule has 5 amide bonds. The van der Waals surface area contributed by atoms with E-state index in [1.54, 1.807) is 35.0 Å². The van der Waals surface area contributed by atoms with Crippen LogP contribution in [0.3, 0.4) is 0 Å². The summed E-state index contributed by atoms with van der Waals surface area (Å²) >= 11 is 0. The van der Waals surface area contributed by atoms with Crippen LogP contribution >= 0.6 is 0 Å². The highest BCUT2D eigenvalue weighted by molar-refractivity contribution is 6.39. The number of amides is 5. The number of imide groups is 2. The van der Waals surface area contributed by atoms with E-state index in [9.17, 15) is 19.2 Å². The molecule has 0 aliphatic carbocycles. The number of carbonyl (C=O) groups excluding carboxylic acids is 4. The van der Waals surface area contributed by atoms with Crippen molar-refractivity contribution in [1.82, 2.24) is 9.88 Å². The first kappa shape index (κ1) is 23.7. The van der Waals surface area contributed by atoms with Gasteiger partial charge < -0.3 is 9.88 Å². The van der Waals surface area contributed by atoms with E-state index < -0.39 is 17.8 Å². The van der Waals surface area contributed by atoms with E-state index >= 15 is 0 Å². The molecule has 5 rings (SSSR count). The molecule has 0 radical (unpaired) electrons. The van der Waals surface area contributed by atoms with Crippen molar-refractivity contribution in [2.24, 2.45) is 0 Å². The number of urea groups is 1. The first-order valence-electron chi connectivity index (χ1n) is 11.7. The van der Waals surface area contributed by atoms with Crippen molar-refractivity contribution in [3.8, 4) is 0 Å². The molecule has 0 saturated carbocycles. The number of aryl methyl sites for hydroxylation is 2. The Morgan fingerprint density at radius 1 is 0.919 bits per heavy atom. The molecule has 1 saturated heterocycles. The highest BCUT2D eigenvalue weighted by Crippen LogP contribution is 2.27. The number of nitrogens with zero attached hydrogens (tertiary/aromatic N) is 2. The number of anilines is 2. The quantitative estimate of drug-likeness (QED) is 0.315. The number of carbonyl (C=O) groups is 4. The SMILES string of the molecule is Cc1cc(C)cc(N2C(=O)NC(=O)/C(=C/c3cn(CC(=O)Nc4ccccc4)c4ccccc34)C2=O)c1. The van der Waals surface area contributed by atoms with Gasteiger partial charge in [0, 0.05) is 28.4 Å². The van der Waals surface area contributed by atoms with Crippen LogP contribution in [0.5, 0.6) is 0 Å². The van der Waals surface area contributed by atoms with Crippen molar-refractivity contribution in [3.63, 3.8) is 0 Å². The number of para-hydroxylation sites is 2. The molecule has 8 heteroatoms. The monoisotopic (exact) mass is 492 g/mol. The number of benzene rings is 3. The molecular weight excluding hydrogens is 468 g/mol. The van der Waals surface area contributed by atoms with Crippen LogP contribution < -0.4 is 15.5 Å². The van der Waals surface area contributed by atoms with Gasteiger partial charge in [0.15, 0.2) is 0 Å². The predicted octanol–water partition coefficient (Wildman–Crippen LogP) is 4.56. The Kier molecular flexibility index (Phi) is 6.15. The lowest BCUT2D eigenvalue weighted by Gasteiger charge is -2.26. The van der Waals surface area contributed by atoms with Gasteiger partial charge in [-0.2, -0.15) is 0 Å². The van der Waals surface area contributed by atoms with Crippen LogP contribution in [0.2, 0.25) is 0 Å². The number of aromatic nitrogens is 1. The van der Waals surface area contributed by atoms with Crippen LogP contribution in [0.4, 0.5) is 16.2 Å². The van der Waals surface area contributed by atoms with Crippen molar-refractivity contribution in [1.29, 1.82) is 0 Å². The standard InChI is InChI=1S/C29H24N4O4/c1-18-12-19(2)14-22(13-18)33-28(36)24(27(35)31-29(33)37)15-20-16-32(25-11-7-6-10-23(20)25)17-26(34)30-21-8-4-3-5-9-21/h3-16H,17H2,1-2H3,(H,30,34)(H,31,35,37)/b24-15-. The molecule has 8 nitrogen and oxygen atoms in total. The number of hydrogen-bond donors (Lipinski definition) is 2. The van der Waals surface area contributed by atoms with E-state index in [0.29, 0.717) is 16.9 Å². The average molecular weight is 493 g/mol. The third-order valence-corrected chi connectivity index (χ3v) is 6.06. The molecule has 1 aliphatic rings. The molecular formula is C29H24N4O4. The molecule has 1 aromatic heterocycles. The number of fused-ring (bicyclic) bond motifs is 1. The topological polar surface area (TPSA) is 101 Å². The Morgan fingerprint density at radius 2 is 1.59 bits per heavy atom. The highest BCUT2D eigenvalue weighted by atomic mass is 16.2. The Bertz CT molecular complexity index is 1580. The third kappa shape index (κ3) is 4.77.